The molecule has 0 bridgehead atoms. The average Bonchev–Trinajstić information content (AvgIpc) is 2.07. The van der Waals surface area contributed by atoms with Crippen LogP contribution in [0, 0.1) is 3.57 Å². The van der Waals surface area contributed by atoms with Crippen LogP contribution in [0.4, 0.5) is 5.69 Å². The maximum Gasteiger partial charge on any atom is 0.0505 e. The highest BCUT2D eigenvalue weighted by Gasteiger charge is 2.24. The second kappa shape index (κ2) is 3.65. The van der Waals surface area contributed by atoms with E-state index in [0.717, 1.165) is 5.02 Å². The topological polar surface area (TPSA) is 3.24 Å². The predicted octanol–water partition coefficient (Wildman–Crippen LogP) is 3.54. The van der Waals surface area contributed by atoms with Gasteiger partial charge in [-0.25, -0.2) is 0 Å². The molecule has 1 saturated heterocycles. The first-order chi connectivity index (χ1) is 6.18. The first kappa shape index (κ1) is 9.59. The summed E-state index contributed by atoms with van der Waals surface area (Å²) in [6.45, 7) is 3.44. The lowest BCUT2D eigenvalue weighted by atomic mass is 10.0. The largest absolute Gasteiger partial charge is 0.368 e. The fraction of sp³-hybridized carbons (Fsp3) is 0.400. The highest BCUT2D eigenvalue weighted by molar-refractivity contribution is 14.1. The molecule has 0 N–H and O–H groups in total. The number of anilines is 1. The van der Waals surface area contributed by atoms with E-state index in [9.17, 15) is 0 Å². The third-order valence-electron chi connectivity index (χ3n) is 2.54. The second-order valence-corrected chi connectivity index (χ2v) is 5.03. The van der Waals surface area contributed by atoms with Crippen molar-refractivity contribution >= 4 is 39.9 Å². The maximum atomic E-state index is 5.90. The number of benzene rings is 1. The molecule has 1 atom stereocenters. The number of hydrogen-bond acceptors (Lipinski definition) is 1. The van der Waals surface area contributed by atoms with Gasteiger partial charge in [0.1, 0.15) is 0 Å². The number of nitrogens with zero attached hydrogens (tertiary/aromatic N) is 1. The molecule has 1 aromatic carbocycles. The Labute approximate surface area is 97.2 Å². The summed E-state index contributed by atoms with van der Waals surface area (Å²) in [6, 6.07) is 6.78. The van der Waals surface area contributed by atoms with Crippen LogP contribution in [-0.4, -0.2) is 12.6 Å². The summed E-state index contributed by atoms with van der Waals surface area (Å²) in [6.07, 6.45) is 1.30. The van der Waals surface area contributed by atoms with Gasteiger partial charge < -0.3 is 4.90 Å². The van der Waals surface area contributed by atoms with E-state index in [2.05, 4.69) is 40.5 Å². The fourth-order valence-electron chi connectivity index (χ4n) is 1.59. The van der Waals surface area contributed by atoms with Gasteiger partial charge in [-0.2, -0.15) is 0 Å². The summed E-state index contributed by atoms with van der Waals surface area (Å²) < 4.78 is 1.25. The van der Waals surface area contributed by atoms with Gasteiger partial charge in [0, 0.05) is 21.2 Å². The van der Waals surface area contributed by atoms with Crippen LogP contribution in [0.3, 0.4) is 0 Å². The zero-order valence-corrected chi connectivity index (χ0v) is 10.3. The van der Waals surface area contributed by atoms with Crippen molar-refractivity contribution in [2.24, 2.45) is 0 Å². The van der Waals surface area contributed by atoms with Crippen molar-refractivity contribution in [3.05, 3.63) is 26.8 Å². The molecule has 3 heteroatoms. The predicted molar refractivity (Wildman–Crippen MR) is 65.6 cm³/mol. The van der Waals surface area contributed by atoms with Crippen molar-refractivity contribution in [2.45, 2.75) is 19.4 Å². The molecule has 1 unspecified atom stereocenters. The van der Waals surface area contributed by atoms with Crippen LogP contribution < -0.4 is 4.90 Å². The van der Waals surface area contributed by atoms with Crippen LogP contribution in [0.15, 0.2) is 18.2 Å². The molecule has 1 heterocycles. The molecular weight excluding hydrogens is 296 g/mol. The van der Waals surface area contributed by atoms with E-state index in [-0.39, 0.29) is 0 Å². The molecule has 0 saturated carbocycles. The minimum absolute atomic E-state index is 0.690. The van der Waals surface area contributed by atoms with Gasteiger partial charge in [-0.15, -0.1) is 0 Å². The lowest BCUT2D eigenvalue weighted by molar-refractivity contribution is 0.480. The Kier molecular flexibility index (Phi) is 2.70. The zero-order valence-electron chi connectivity index (χ0n) is 7.43. The minimum Gasteiger partial charge on any atom is -0.368 e. The van der Waals surface area contributed by atoms with Gasteiger partial charge in [-0.3, -0.25) is 0 Å². The normalized spacial score (nSPS) is 21.5. The summed E-state index contributed by atoms with van der Waals surface area (Å²) in [5.41, 5.74) is 1.32. The number of rotatable bonds is 1. The van der Waals surface area contributed by atoms with Gasteiger partial charge in [-0.1, -0.05) is 11.6 Å². The Morgan fingerprint density at radius 3 is 2.77 bits per heavy atom. The molecule has 0 aromatic heterocycles. The van der Waals surface area contributed by atoms with E-state index in [4.69, 9.17) is 11.6 Å². The van der Waals surface area contributed by atoms with E-state index in [1.165, 1.54) is 22.2 Å². The number of halogens is 2. The van der Waals surface area contributed by atoms with Crippen molar-refractivity contribution in [2.75, 3.05) is 11.4 Å². The molecule has 0 radical (unpaired) electrons. The van der Waals surface area contributed by atoms with E-state index in [1.54, 1.807) is 0 Å². The van der Waals surface area contributed by atoms with Crippen molar-refractivity contribution in [1.82, 2.24) is 0 Å². The molecule has 1 aromatic rings. The smallest absolute Gasteiger partial charge is 0.0505 e. The highest BCUT2D eigenvalue weighted by Crippen LogP contribution is 2.31. The van der Waals surface area contributed by atoms with Crippen LogP contribution in [-0.2, 0) is 0 Å². The lowest BCUT2D eigenvalue weighted by Crippen LogP contribution is -2.46. The van der Waals surface area contributed by atoms with Gasteiger partial charge in [-0.05, 0) is 54.1 Å². The van der Waals surface area contributed by atoms with Gasteiger partial charge >= 0.3 is 0 Å². The van der Waals surface area contributed by atoms with Gasteiger partial charge in [0.05, 0.1) is 5.69 Å². The summed E-state index contributed by atoms with van der Waals surface area (Å²) in [7, 11) is 0. The molecule has 1 fully saturated rings. The first-order valence-electron chi connectivity index (χ1n) is 4.40. The summed E-state index contributed by atoms with van der Waals surface area (Å²) in [5, 5.41) is 0.821. The molecule has 70 valence electrons. The monoisotopic (exact) mass is 307 g/mol. The Hall–Kier alpha value is 0.0400. The van der Waals surface area contributed by atoms with Crippen LogP contribution in [0.2, 0.25) is 5.02 Å². The Morgan fingerprint density at radius 1 is 1.54 bits per heavy atom. The lowest BCUT2D eigenvalue weighted by Gasteiger charge is -2.41. The summed E-state index contributed by atoms with van der Waals surface area (Å²) in [5.74, 6) is 0. The highest BCUT2D eigenvalue weighted by atomic mass is 127. The molecule has 0 spiro atoms. The third kappa shape index (κ3) is 1.79. The molecule has 2 rings (SSSR count). The van der Waals surface area contributed by atoms with Gasteiger partial charge in [0.15, 0.2) is 0 Å². The molecule has 1 nitrogen and oxygen atoms in total. The quantitative estimate of drug-likeness (QED) is 0.717. The zero-order chi connectivity index (χ0) is 9.42. The first-order valence-corrected chi connectivity index (χ1v) is 5.86. The van der Waals surface area contributed by atoms with Gasteiger partial charge in [0.25, 0.3) is 0 Å². The summed E-state index contributed by atoms with van der Waals surface area (Å²) in [4.78, 5) is 2.41. The Morgan fingerprint density at radius 2 is 2.31 bits per heavy atom. The maximum absolute atomic E-state index is 5.90. The van der Waals surface area contributed by atoms with E-state index in [0.29, 0.717) is 6.04 Å². The van der Waals surface area contributed by atoms with Crippen molar-refractivity contribution in [3.8, 4) is 0 Å². The third-order valence-corrected chi connectivity index (χ3v) is 3.64. The average molecular weight is 308 g/mol. The number of hydrogen-bond donors (Lipinski definition) is 0. The molecule has 1 aliphatic rings. The summed E-state index contributed by atoms with van der Waals surface area (Å²) >= 11 is 8.24. The Bertz CT molecular complexity index is 327. The molecule has 1 aliphatic heterocycles. The van der Waals surface area contributed by atoms with Crippen LogP contribution in [0.5, 0.6) is 0 Å². The molecule has 0 amide bonds. The fourth-order valence-corrected chi connectivity index (χ4v) is 2.77. The Balaban J connectivity index is 2.30. The molecule has 0 aliphatic carbocycles. The van der Waals surface area contributed by atoms with Crippen molar-refractivity contribution < 1.29 is 0 Å². The van der Waals surface area contributed by atoms with E-state index < -0.39 is 0 Å². The minimum atomic E-state index is 0.690. The second-order valence-electron chi connectivity index (χ2n) is 3.43. The van der Waals surface area contributed by atoms with Gasteiger partial charge in [0.2, 0.25) is 0 Å². The molecular formula is C10H11ClIN. The standard InChI is InChI=1S/C10H11ClIN/c1-7-4-5-13(7)10-3-2-8(11)6-9(10)12/h2-3,6-7H,4-5H2,1H3. The van der Waals surface area contributed by atoms with Crippen LogP contribution in [0.1, 0.15) is 13.3 Å². The van der Waals surface area contributed by atoms with Crippen molar-refractivity contribution in [1.29, 1.82) is 0 Å². The van der Waals surface area contributed by atoms with Crippen molar-refractivity contribution in [3.63, 3.8) is 0 Å². The van der Waals surface area contributed by atoms with Crippen LogP contribution in [0.25, 0.3) is 0 Å². The van der Waals surface area contributed by atoms with E-state index in [1.807, 2.05) is 12.1 Å². The molecule has 13 heavy (non-hydrogen) atoms. The van der Waals surface area contributed by atoms with Crippen LogP contribution >= 0.6 is 34.2 Å². The SMILES string of the molecule is CC1CCN1c1ccc(Cl)cc1I. The van der Waals surface area contributed by atoms with E-state index >= 15 is 0 Å².